The second kappa shape index (κ2) is 23.7. The lowest BCUT2D eigenvalue weighted by molar-refractivity contribution is -0.196. The van der Waals surface area contributed by atoms with Crippen molar-refractivity contribution >= 4 is 41.3 Å². The van der Waals surface area contributed by atoms with Gasteiger partial charge in [0.05, 0.1) is 38.8 Å². The van der Waals surface area contributed by atoms with Crippen molar-refractivity contribution in [2.75, 3.05) is 44.7 Å². The smallest absolute Gasteiger partial charge is 0.336 e. The predicted octanol–water partition coefficient (Wildman–Crippen LogP) is 12.4. The van der Waals surface area contributed by atoms with E-state index in [2.05, 4.69) is 36.6 Å². The summed E-state index contributed by atoms with van der Waals surface area (Å²) in [7, 11) is 3.09. The average Bonchev–Trinajstić information content (AvgIpc) is 3.97. The Morgan fingerprint density at radius 3 is 1.62 bits per heavy atom. The highest BCUT2D eigenvalue weighted by atomic mass is 17.2. The number of benzene rings is 6. The Bertz CT molecular complexity index is 2890. The minimum Gasteiger partial charge on any atom is -0.495 e. The molecule has 0 radical (unpaired) electrons. The molecular formula is C59H60N2O10. The van der Waals surface area contributed by atoms with Crippen LogP contribution in [0.15, 0.2) is 133 Å². The summed E-state index contributed by atoms with van der Waals surface area (Å²) < 4.78 is 28.8. The maximum atomic E-state index is 13.5. The predicted molar refractivity (Wildman–Crippen MR) is 276 cm³/mol. The Morgan fingerprint density at radius 1 is 0.592 bits per heavy atom. The molecule has 12 heteroatoms. The number of ether oxygens (including phenoxy) is 5. The molecule has 0 aliphatic heterocycles. The lowest BCUT2D eigenvalue weighted by Gasteiger charge is -2.29. The Morgan fingerprint density at radius 2 is 1.10 bits per heavy atom. The van der Waals surface area contributed by atoms with Gasteiger partial charge in [0.15, 0.2) is 5.75 Å². The summed E-state index contributed by atoms with van der Waals surface area (Å²) in [6.45, 7) is 5.65. The molecule has 71 heavy (non-hydrogen) atoms. The molecule has 1 unspecified atom stereocenters. The van der Waals surface area contributed by atoms with Crippen LogP contribution >= 0.6 is 0 Å². The minimum atomic E-state index is -0.525. The summed E-state index contributed by atoms with van der Waals surface area (Å²) in [6.07, 6.45) is 14.2. The lowest BCUT2D eigenvalue weighted by atomic mass is 9.76. The second-order valence-corrected chi connectivity index (χ2v) is 17.5. The lowest BCUT2D eigenvalue weighted by Crippen LogP contribution is -2.24. The van der Waals surface area contributed by atoms with E-state index < -0.39 is 11.4 Å². The molecule has 6 aromatic carbocycles. The summed E-state index contributed by atoms with van der Waals surface area (Å²) in [5.41, 5.74) is 7.48. The van der Waals surface area contributed by atoms with Crippen molar-refractivity contribution in [2.45, 2.75) is 70.6 Å². The average molecular weight is 957 g/mol. The molecule has 0 aromatic heterocycles. The fraction of sp³-hybridized carbons (Fsp3) is 0.271. The molecule has 2 N–H and O–H groups in total. The molecule has 2 aliphatic carbocycles. The van der Waals surface area contributed by atoms with E-state index in [1.807, 2.05) is 48.6 Å². The fourth-order valence-electron chi connectivity index (χ4n) is 9.18. The van der Waals surface area contributed by atoms with Crippen molar-refractivity contribution in [1.29, 1.82) is 0 Å². The van der Waals surface area contributed by atoms with Crippen LogP contribution in [0.2, 0.25) is 0 Å². The first-order chi connectivity index (χ1) is 34.7. The molecule has 2 aliphatic rings. The quantitative estimate of drug-likeness (QED) is 0.0169. The number of hydrogen-bond acceptors (Lipinski definition) is 10. The van der Waals surface area contributed by atoms with E-state index >= 15 is 0 Å². The molecule has 0 saturated carbocycles. The van der Waals surface area contributed by atoms with Gasteiger partial charge in [-0.3, -0.25) is 9.59 Å². The van der Waals surface area contributed by atoms with Gasteiger partial charge in [0, 0.05) is 33.7 Å². The first-order valence-electron chi connectivity index (χ1n) is 24.3. The normalized spacial score (nSPS) is 14.5. The van der Waals surface area contributed by atoms with Gasteiger partial charge in [0.25, 0.3) is 11.8 Å². The summed E-state index contributed by atoms with van der Waals surface area (Å²) >= 11 is 0. The highest BCUT2D eigenvalue weighted by Gasteiger charge is 2.49. The van der Waals surface area contributed by atoms with Gasteiger partial charge < -0.3 is 39.2 Å². The van der Waals surface area contributed by atoms with E-state index in [1.165, 1.54) is 18.7 Å². The topological polar surface area (TPSA) is 140 Å². The zero-order valence-corrected chi connectivity index (χ0v) is 40.7. The third kappa shape index (κ3) is 12.0. The van der Waals surface area contributed by atoms with Gasteiger partial charge >= 0.3 is 5.97 Å². The van der Waals surface area contributed by atoms with Crippen LogP contribution in [0.25, 0.3) is 12.2 Å². The van der Waals surface area contributed by atoms with Crippen LogP contribution in [-0.2, 0) is 27.9 Å². The van der Waals surface area contributed by atoms with Crippen LogP contribution in [0.1, 0.15) is 106 Å². The molecule has 0 heterocycles. The van der Waals surface area contributed by atoms with Crippen LogP contribution < -0.4 is 39.2 Å². The van der Waals surface area contributed by atoms with Gasteiger partial charge in [-0.1, -0.05) is 75.2 Å². The van der Waals surface area contributed by atoms with Crippen molar-refractivity contribution in [3.8, 4) is 34.5 Å². The Hall–Kier alpha value is -7.83. The Kier molecular flexibility index (Phi) is 16.5. The Balaban J connectivity index is 0.883. The van der Waals surface area contributed by atoms with Gasteiger partial charge in [-0.15, -0.1) is 0 Å². The number of hydrogen-bond donors (Lipinski definition) is 2. The van der Waals surface area contributed by atoms with Gasteiger partial charge in [-0.2, -0.15) is 4.89 Å². The number of unbranched alkanes of at least 4 members (excludes halogenated alkanes) is 2. The van der Waals surface area contributed by atoms with Crippen LogP contribution in [0.3, 0.4) is 0 Å². The zero-order chi connectivity index (χ0) is 49.6. The second-order valence-electron chi connectivity index (χ2n) is 17.5. The van der Waals surface area contributed by atoms with E-state index in [4.69, 9.17) is 33.5 Å². The fourth-order valence-corrected chi connectivity index (χ4v) is 9.18. The van der Waals surface area contributed by atoms with Crippen molar-refractivity contribution < 1.29 is 47.8 Å². The van der Waals surface area contributed by atoms with Gasteiger partial charge in [0.2, 0.25) is 0 Å². The van der Waals surface area contributed by atoms with E-state index in [-0.39, 0.29) is 18.4 Å². The van der Waals surface area contributed by atoms with E-state index in [9.17, 15) is 14.4 Å². The van der Waals surface area contributed by atoms with Crippen LogP contribution in [-0.4, -0.2) is 51.8 Å². The molecule has 1 atom stereocenters. The molecule has 0 saturated heterocycles. The van der Waals surface area contributed by atoms with Gasteiger partial charge in [-0.05, 0) is 152 Å². The van der Waals surface area contributed by atoms with Crippen LogP contribution in [0.5, 0.6) is 34.5 Å². The first kappa shape index (κ1) is 49.6. The Labute approximate surface area is 415 Å². The van der Waals surface area contributed by atoms with Crippen molar-refractivity contribution in [3.05, 3.63) is 178 Å². The number of fused-ring (bicyclic) bond motifs is 4. The van der Waals surface area contributed by atoms with Gasteiger partial charge in [0.1, 0.15) is 35.4 Å². The number of aryl methyl sites for hydroxylation is 2. The summed E-state index contributed by atoms with van der Waals surface area (Å²) in [5, 5.41) is 5.86. The SMILES string of the molecule is CCCCOc1ccc(C(=O)Nc2ccc(C=CCOOc3cccc4c3C3(CC4)CCc4cccc(OC(=O)/C=C/c5ccc(NC(=O)c6ccc(OCCCC)cc6)c(OC)c5)c43)cc2OC)cc1. The summed E-state index contributed by atoms with van der Waals surface area (Å²) in [4.78, 5) is 51.6. The third-order valence-electron chi connectivity index (χ3n) is 12.8. The largest absolute Gasteiger partial charge is 0.495 e. The van der Waals surface area contributed by atoms with E-state index in [1.54, 1.807) is 86.0 Å². The number of amides is 2. The zero-order valence-electron chi connectivity index (χ0n) is 40.7. The number of carbonyl (C=O) groups excluding carboxylic acids is 3. The molecular weight excluding hydrogens is 897 g/mol. The monoisotopic (exact) mass is 956 g/mol. The van der Waals surface area contributed by atoms with Crippen LogP contribution in [0.4, 0.5) is 11.4 Å². The van der Waals surface area contributed by atoms with Gasteiger partial charge in [-0.25, -0.2) is 4.79 Å². The molecule has 6 aromatic rings. The van der Waals surface area contributed by atoms with Crippen molar-refractivity contribution in [1.82, 2.24) is 0 Å². The molecule has 1 spiro atoms. The van der Waals surface area contributed by atoms with Crippen molar-refractivity contribution in [2.24, 2.45) is 0 Å². The number of methoxy groups -OCH3 is 2. The minimum absolute atomic E-state index is 0.161. The van der Waals surface area contributed by atoms with Crippen LogP contribution in [0, 0.1) is 0 Å². The molecule has 8 rings (SSSR count). The standard InChI is InChI=1S/C59H60N2O10/c1-5-7-35-67-46-24-20-44(21-25-46)57(63)60-48-28-17-40(38-52(48)65-3)12-11-37-69-71-51-16-10-14-43-32-34-59(56(43)51)33-31-42-13-9-15-50(55(42)59)70-54(62)30-19-41-18-29-49(53(39-41)66-4)61-58(64)45-22-26-47(27-23-45)68-36-8-6-2/h9-30,38-39H,5-8,31-37H2,1-4H3,(H,60,63)(H,61,64)/b12-11?,30-19+. The molecule has 12 nitrogen and oxygen atoms in total. The number of nitrogens with one attached hydrogen (secondary N) is 2. The highest BCUT2D eigenvalue weighted by Crippen LogP contribution is 2.57. The molecule has 366 valence electrons. The number of rotatable bonds is 22. The molecule has 0 fully saturated rings. The van der Waals surface area contributed by atoms with E-state index in [0.29, 0.717) is 70.0 Å². The molecule has 2 amide bonds. The van der Waals surface area contributed by atoms with E-state index in [0.717, 1.165) is 79.4 Å². The maximum absolute atomic E-state index is 13.5. The number of carbonyl (C=O) groups is 3. The third-order valence-corrected chi connectivity index (χ3v) is 12.8. The summed E-state index contributed by atoms with van der Waals surface area (Å²) in [6, 6.07) is 36.8. The number of anilines is 2. The molecule has 0 bridgehead atoms. The highest BCUT2D eigenvalue weighted by molar-refractivity contribution is 6.06. The summed E-state index contributed by atoms with van der Waals surface area (Å²) in [5.74, 6) is 2.48. The maximum Gasteiger partial charge on any atom is 0.336 e. The number of esters is 1. The first-order valence-corrected chi connectivity index (χ1v) is 24.3. The van der Waals surface area contributed by atoms with Crippen molar-refractivity contribution in [3.63, 3.8) is 0 Å².